The summed E-state index contributed by atoms with van der Waals surface area (Å²) < 4.78 is 10.8. The van der Waals surface area contributed by atoms with Gasteiger partial charge >= 0.3 is 0 Å². The highest BCUT2D eigenvalue weighted by molar-refractivity contribution is 5.86. The molecule has 6 nitrogen and oxygen atoms in total. The molecule has 1 amide bonds. The Morgan fingerprint density at radius 2 is 1.85 bits per heavy atom. The molecule has 146 valence electrons. The van der Waals surface area contributed by atoms with Crippen LogP contribution in [0.3, 0.4) is 0 Å². The van der Waals surface area contributed by atoms with Gasteiger partial charge in [0, 0.05) is 35.9 Å². The molecule has 0 unspecified atom stereocenters. The fraction of sp³-hybridized carbons (Fsp3) is 0.524. The van der Waals surface area contributed by atoms with Crippen molar-refractivity contribution in [1.29, 1.82) is 0 Å². The first-order chi connectivity index (χ1) is 12.7. The fourth-order valence-corrected chi connectivity index (χ4v) is 3.72. The summed E-state index contributed by atoms with van der Waals surface area (Å²) in [7, 11) is 3.22. The topological polar surface area (TPSA) is 77.7 Å². The number of aromatic nitrogens is 1. The standard InChI is InChI=1S/C21H29N3O3/c1-21(2,3)20(25)24-8-6-7-13(12-24)19-15(22)9-14-10-17(26-4)18(27-5)11-16(14)23-19/h9-11,13H,6-8,12,22H2,1-5H3/t13-/m1/s1. The second-order valence-corrected chi connectivity index (χ2v) is 8.20. The second-order valence-electron chi connectivity index (χ2n) is 8.20. The predicted molar refractivity (Wildman–Crippen MR) is 107 cm³/mol. The van der Waals surface area contributed by atoms with Crippen LogP contribution in [0.25, 0.3) is 10.9 Å². The fourth-order valence-electron chi connectivity index (χ4n) is 3.72. The molecule has 3 rings (SSSR count). The van der Waals surface area contributed by atoms with Crippen molar-refractivity contribution in [2.75, 3.05) is 33.0 Å². The predicted octanol–water partition coefficient (Wildman–Crippen LogP) is 3.59. The normalized spacial score (nSPS) is 17.8. The Labute approximate surface area is 160 Å². The quantitative estimate of drug-likeness (QED) is 0.892. The number of nitrogens with two attached hydrogens (primary N) is 1. The lowest BCUT2D eigenvalue weighted by molar-refractivity contribution is -0.140. The van der Waals surface area contributed by atoms with Gasteiger partial charge in [-0.1, -0.05) is 20.8 Å². The van der Waals surface area contributed by atoms with Crippen molar-refractivity contribution < 1.29 is 14.3 Å². The third kappa shape index (κ3) is 3.80. The largest absolute Gasteiger partial charge is 0.493 e. The van der Waals surface area contributed by atoms with Crippen LogP contribution < -0.4 is 15.2 Å². The van der Waals surface area contributed by atoms with E-state index in [2.05, 4.69) is 0 Å². The molecule has 1 aliphatic rings. The second kappa shape index (κ2) is 7.25. The van der Waals surface area contributed by atoms with Gasteiger partial charge in [-0.05, 0) is 25.0 Å². The van der Waals surface area contributed by atoms with E-state index in [9.17, 15) is 4.79 Å². The minimum Gasteiger partial charge on any atom is -0.493 e. The zero-order valence-electron chi connectivity index (χ0n) is 16.8. The number of carbonyl (C=O) groups is 1. The molecule has 6 heteroatoms. The zero-order chi connectivity index (χ0) is 19.8. The van der Waals surface area contributed by atoms with Crippen molar-refractivity contribution in [1.82, 2.24) is 9.88 Å². The Morgan fingerprint density at radius 3 is 2.48 bits per heavy atom. The van der Waals surface area contributed by atoms with Crippen LogP contribution in [0.2, 0.25) is 0 Å². The first kappa shape index (κ1) is 19.3. The van der Waals surface area contributed by atoms with Gasteiger partial charge in [-0.2, -0.15) is 0 Å². The molecule has 2 heterocycles. The number of fused-ring (bicyclic) bond motifs is 1. The number of ether oxygens (including phenoxy) is 2. The molecule has 2 N–H and O–H groups in total. The number of hydrogen-bond acceptors (Lipinski definition) is 5. The van der Waals surface area contributed by atoms with E-state index in [4.69, 9.17) is 20.2 Å². The monoisotopic (exact) mass is 371 g/mol. The van der Waals surface area contributed by atoms with Gasteiger partial charge in [0.05, 0.1) is 31.1 Å². The average Bonchev–Trinajstić information content (AvgIpc) is 2.65. The van der Waals surface area contributed by atoms with Crippen LogP contribution in [-0.2, 0) is 4.79 Å². The Bertz CT molecular complexity index is 858. The highest BCUT2D eigenvalue weighted by Gasteiger charge is 2.32. The van der Waals surface area contributed by atoms with E-state index in [-0.39, 0.29) is 17.2 Å². The molecular weight excluding hydrogens is 342 g/mol. The first-order valence-corrected chi connectivity index (χ1v) is 9.36. The molecule has 0 radical (unpaired) electrons. The molecule has 1 fully saturated rings. The van der Waals surface area contributed by atoms with Gasteiger partial charge in [0.25, 0.3) is 0 Å². The summed E-state index contributed by atoms with van der Waals surface area (Å²) in [5.74, 6) is 1.61. The molecule has 1 aromatic heterocycles. The highest BCUT2D eigenvalue weighted by atomic mass is 16.5. The van der Waals surface area contributed by atoms with E-state index in [0.717, 1.165) is 36.0 Å². The maximum atomic E-state index is 12.7. The number of benzene rings is 1. The Hall–Kier alpha value is -2.50. The summed E-state index contributed by atoms with van der Waals surface area (Å²) in [6.45, 7) is 7.33. The zero-order valence-corrected chi connectivity index (χ0v) is 16.8. The van der Waals surface area contributed by atoms with Crippen molar-refractivity contribution in [3.63, 3.8) is 0 Å². The van der Waals surface area contributed by atoms with Crippen LogP contribution in [0.1, 0.15) is 45.2 Å². The number of methoxy groups -OCH3 is 2. The average molecular weight is 371 g/mol. The number of likely N-dealkylation sites (tertiary alicyclic amines) is 1. The van der Waals surface area contributed by atoms with E-state index >= 15 is 0 Å². The van der Waals surface area contributed by atoms with Gasteiger partial charge in [0.15, 0.2) is 11.5 Å². The van der Waals surface area contributed by atoms with Crippen LogP contribution in [-0.4, -0.2) is 43.1 Å². The number of hydrogen-bond donors (Lipinski definition) is 1. The number of rotatable bonds is 3. The first-order valence-electron chi connectivity index (χ1n) is 9.36. The molecule has 27 heavy (non-hydrogen) atoms. The van der Waals surface area contributed by atoms with Crippen molar-refractivity contribution in [3.8, 4) is 11.5 Å². The number of anilines is 1. The summed E-state index contributed by atoms with van der Waals surface area (Å²) in [5, 5.41) is 0.910. The van der Waals surface area contributed by atoms with Crippen LogP contribution in [0, 0.1) is 5.41 Å². The van der Waals surface area contributed by atoms with E-state index in [1.54, 1.807) is 14.2 Å². The minimum absolute atomic E-state index is 0.141. The number of amides is 1. The number of nitrogens with zero attached hydrogens (tertiary/aromatic N) is 2. The van der Waals surface area contributed by atoms with E-state index in [1.807, 2.05) is 43.9 Å². The van der Waals surface area contributed by atoms with Crippen LogP contribution in [0.4, 0.5) is 5.69 Å². The lowest BCUT2D eigenvalue weighted by Crippen LogP contribution is -2.44. The Morgan fingerprint density at radius 1 is 1.19 bits per heavy atom. The van der Waals surface area contributed by atoms with Gasteiger partial charge in [-0.15, -0.1) is 0 Å². The highest BCUT2D eigenvalue weighted by Crippen LogP contribution is 2.36. The smallest absolute Gasteiger partial charge is 0.227 e. The Kier molecular flexibility index (Phi) is 5.18. The van der Waals surface area contributed by atoms with Crippen molar-refractivity contribution in [2.45, 2.75) is 39.5 Å². The summed E-state index contributed by atoms with van der Waals surface area (Å²) in [6.07, 6.45) is 1.93. The van der Waals surface area contributed by atoms with Crippen LogP contribution >= 0.6 is 0 Å². The van der Waals surface area contributed by atoms with Crippen molar-refractivity contribution >= 4 is 22.5 Å². The molecule has 1 aliphatic heterocycles. The van der Waals surface area contributed by atoms with Gasteiger partial charge in [-0.25, -0.2) is 0 Å². The third-order valence-electron chi connectivity index (χ3n) is 5.12. The molecule has 0 spiro atoms. The molecule has 0 bridgehead atoms. The van der Waals surface area contributed by atoms with E-state index in [1.165, 1.54) is 0 Å². The van der Waals surface area contributed by atoms with Crippen LogP contribution in [0.5, 0.6) is 11.5 Å². The molecule has 2 aromatic rings. The molecule has 1 atom stereocenters. The van der Waals surface area contributed by atoms with Crippen LogP contribution in [0.15, 0.2) is 18.2 Å². The van der Waals surface area contributed by atoms with Gasteiger partial charge in [-0.3, -0.25) is 9.78 Å². The molecule has 0 saturated carbocycles. The lowest BCUT2D eigenvalue weighted by Gasteiger charge is -2.36. The van der Waals surface area contributed by atoms with E-state index in [0.29, 0.717) is 23.7 Å². The van der Waals surface area contributed by atoms with Gasteiger partial charge in [0.1, 0.15) is 0 Å². The Balaban J connectivity index is 1.96. The summed E-state index contributed by atoms with van der Waals surface area (Å²) in [5.41, 5.74) is 8.30. The summed E-state index contributed by atoms with van der Waals surface area (Å²) >= 11 is 0. The number of carbonyl (C=O) groups excluding carboxylic acids is 1. The van der Waals surface area contributed by atoms with E-state index < -0.39 is 0 Å². The SMILES string of the molecule is COc1cc2cc(N)c([C@@H]3CCCN(C(=O)C(C)(C)C)C3)nc2cc1OC. The maximum absolute atomic E-state index is 12.7. The molecule has 0 aliphatic carbocycles. The maximum Gasteiger partial charge on any atom is 0.227 e. The third-order valence-corrected chi connectivity index (χ3v) is 5.12. The van der Waals surface area contributed by atoms with Gasteiger partial charge < -0.3 is 20.1 Å². The number of piperidine rings is 1. The summed E-state index contributed by atoms with van der Waals surface area (Å²) in [4.78, 5) is 19.5. The van der Waals surface area contributed by atoms with Gasteiger partial charge in [0.2, 0.25) is 5.91 Å². The lowest BCUT2D eigenvalue weighted by atomic mass is 9.89. The number of nitrogen functional groups attached to an aromatic ring is 1. The minimum atomic E-state index is -0.381. The summed E-state index contributed by atoms with van der Waals surface area (Å²) in [6, 6.07) is 5.69. The van der Waals surface area contributed by atoms with Crippen molar-refractivity contribution in [2.24, 2.45) is 5.41 Å². The van der Waals surface area contributed by atoms with Crippen molar-refractivity contribution in [3.05, 3.63) is 23.9 Å². The molecule has 1 saturated heterocycles. The molecule has 1 aromatic carbocycles. The number of pyridine rings is 1. The molecular formula is C21H29N3O3.